The number of rotatable bonds is 7. The Hall–Kier alpha value is -1.71. The maximum atomic E-state index is 13.4. The molecule has 1 spiro atoms. The topological polar surface area (TPSA) is 21.3 Å². The van der Waals surface area contributed by atoms with Crippen molar-refractivity contribution >= 4 is 0 Å². The van der Waals surface area contributed by atoms with E-state index in [-0.39, 0.29) is 16.8 Å². The second kappa shape index (κ2) is 8.97. The molecule has 1 N–H and O–H groups in total. The highest BCUT2D eigenvalue weighted by atomic mass is 19.1. The maximum Gasteiger partial charge on any atom is 0.123 e. The van der Waals surface area contributed by atoms with E-state index in [1.54, 1.807) is 12.1 Å². The predicted octanol–water partition coefficient (Wildman–Crippen LogP) is 5.97. The van der Waals surface area contributed by atoms with E-state index in [2.05, 4.69) is 36.5 Å². The second-order valence-electron chi connectivity index (χ2n) is 9.38. The quantitative estimate of drug-likeness (QED) is 0.584. The molecule has 0 bridgehead atoms. The molecule has 4 rings (SSSR count). The highest BCUT2D eigenvalue weighted by Gasteiger charge is 2.46. The van der Waals surface area contributed by atoms with E-state index in [1.807, 2.05) is 12.1 Å². The first-order valence-corrected chi connectivity index (χ1v) is 11.2. The van der Waals surface area contributed by atoms with Crippen LogP contribution in [0.25, 0.3) is 0 Å². The van der Waals surface area contributed by atoms with Crippen LogP contribution in [0, 0.1) is 18.2 Å². The van der Waals surface area contributed by atoms with Crippen LogP contribution in [0.4, 0.5) is 4.39 Å². The van der Waals surface area contributed by atoms with E-state index in [9.17, 15) is 4.39 Å². The van der Waals surface area contributed by atoms with Crippen molar-refractivity contribution in [1.82, 2.24) is 5.32 Å². The van der Waals surface area contributed by atoms with Crippen LogP contribution in [0.2, 0.25) is 0 Å². The standard InChI is InChI=1S/C26H34FNO/c1-21-5-4-6-23(17-21)19-28-15-13-25(18-22-7-9-24(27)10-8-22)14-16-29-26(20-25)11-2-3-12-26/h4-10,17,28H,2-3,11-16,18-20H2,1H3. The third-order valence-electron chi connectivity index (χ3n) is 6.99. The van der Waals surface area contributed by atoms with Gasteiger partial charge in [-0.15, -0.1) is 0 Å². The Balaban J connectivity index is 1.43. The lowest BCUT2D eigenvalue weighted by molar-refractivity contribution is -0.124. The summed E-state index contributed by atoms with van der Waals surface area (Å²) in [5.74, 6) is -0.151. The monoisotopic (exact) mass is 395 g/mol. The van der Waals surface area contributed by atoms with Crippen molar-refractivity contribution in [2.75, 3.05) is 13.2 Å². The highest BCUT2D eigenvalue weighted by Crippen LogP contribution is 2.50. The molecule has 2 aliphatic rings. The van der Waals surface area contributed by atoms with Gasteiger partial charge in [-0.05, 0) is 80.7 Å². The van der Waals surface area contributed by atoms with E-state index in [0.29, 0.717) is 0 Å². The van der Waals surface area contributed by atoms with Crippen LogP contribution in [0.5, 0.6) is 0 Å². The third-order valence-corrected chi connectivity index (χ3v) is 6.99. The first-order chi connectivity index (χ1) is 14.1. The van der Waals surface area contributed by atoms with Crippen LogP contribution in [0.3, 0.4) is 0 Å². The molecule has 1 aliphatic carbocycles. The van der Waals surface area contributed by atoms with E-state index in [4.69, 9.17) is 4.74 Å². The van der Waals surface area contributed by atoms with Gasteiger partial charge < -0.3 is 10.1 Å². The highest BCUT2D eigenvalue weighted by molar-refractivity contribution is 5.22. The summed E-state index contributed by atoms with van der Waals surface area (Å²) in [6.07, 6.45) is 9.38. The average molecular weight is 396 g/mol. The Labute approximate surface area is 174 Å². The Morgan fingerprint density at radius 1 is 1.00 bits per heavy atom. The summed E-state index contributed by atoms with van der Waals surface area (Å²) in [5.41, 5.74) is 4.23. The number of hydrogen-bond acceptors (Lipinski definition) is 2. The van der Waals surface area contributed by atoms with E-state index < -0.39 is 0 Å². The summed E-state index contributed by atoms with van der Waals surface area (Å²) in [4.78, 5) is 0. The molecule has 0 amide bonds. The summed E-state index contributed by atoms with van der Waals surface area (Å²) in [5, 5.41) is 3.67. The van der Waals surface area contributed by atoms with Crippen molar-refractivity contribution in [2.24, 2.45) is 5.41 Å². The smallest absolute Gasteiger partial charge is 0.123 e. The third kappa shape index (κ3) is 5.26. The summed E-state index contributed by atoms with van der Waals surface area (Å²) in [7, 11) is 0. The molecule has 3 heteroatoms. The lowest BCUT2D eigenvalue weighted by atomic mass is 9.67. The van der Waals surface area contributed by atoms with Gasteiger partial charge >= 0.3 is 0 Å². The van der Waals surface area contributed by atoms with E-state index in [0.717, 1.165) is 45.4 Å². The largest absolute Gasteiger partial charge is 0.375 e. The van der Waals surface area contributed by atoms with Gasteiger partial charge in [0.1, 0.15) is 5.82 Å². The summed E-state index contributed by atoms with van der Waals surface area (Å²) < 4.78 is 19.8. The number of hydrogen-bond donors (Lipinski definition) is 1. The first kappa shape index (κ1) is 20.6. The molecule has 29 heavy (non-hydrogen) atoms. The number of ether oxygens (including phenoxy) is 1. The van der Waals surface area contributed by atoms with Gasteiger partial charge in [-0.1, -0.05) is 54.8 Å². The lowest BCUT2D eigenvalue weighted by Gasteiger charge is -2.47. The second-order valence-corrected chi connectivity index (χ2v) is 9.38. The molecular weight excluding hydrogens is 361 g/mol. The molecule has 2 aromatic carbocycles. The van der Waals surface area contributed by atoms with Crippen LogP contribution in [0.1, 0.15) is 61.6 Å². The van der Waals surface area contributed by atoms with Crippen LogP contribution < -0.4 is 5.32 Å². The van der Waals surface area contributed by atoms with Gasteiger partial charge in [0.15, 0.2) is 0 Å². The Kier molecular flexibility index (Phi) is 6.36. The van der Waals surface area contributed by atoms with Crippen LogP contribution >= 0.6 is 0 Å². The van der Waals surface area contributed by atoms with Gasteiger partial charge in [-0.2, -0.15) is 0 Å². The Morgan fingerprint density at radius 2 is 1.79 bits per heavy atom. The van der Waals surface area contributed by atoms with Crippen molar-refractivity contribution in [3.8, 4) is 0 Å². The van der Waals surface area contributed by atoms with Gasteiger partial charge in [-0.25, -0.2) is 4.39 Å². The molecule has 1 atom stereocenters. The average Bonchev–Trinajstić information content (AvgIpc) is 3.15. The van der Waals surface area contributed by atoms with Crippen molar-refractivity contribution in [2.45, 2.75) is 70.4 Å². The fraction of sp³-hybridized carbons (Fsp3) is 0.538. The fourth-order valence-corrected chi connectivity index (χ4v) is 5.54. The molecule has 0 aromatic heterocycles. The molecule has 156 valence electrons. The molecule has 1 saturated carbocycles. The minimum Gasteiger partial charge on any atom is -0.375 e. The minimum atomic E-state index is -0.151. The van der Waals surface area contributed by atoms with E-state index in [1.165, 1.54) is 42.4 Å². The van der Waals surface area contributed by atoms with Crippen molar-refractivity contribution in [3.05, 3.63) is 71.0 Å². The first-order valence-electron chi connectivity index (χ1n) is 11.2. The number of nitrogens with one attached hydrogen (secondary N) is 1. The molecule has 1 aliphatic heterocycles. The Morgan fingerprint density at radius 3 is 2.55 bits per heavy atom. The molecule has 2 nitrogen and oxygen atoms in total. The molecule has 1 unspecified atom stereocenters. The number of aryl methyl sites for hydroxylation is 1. The predicted molar refractivity (Wildman–Crippen MR) is 116 cm³/mol. The van der Waals surface area contributed by atoms with Crippen LogP contribution in [-0.4, -0.2) is 18.8 Å². The lowest BCUT2D eigenvalue weighted by Crippen LogP contribution is -2.45. The zero-order valence-corrected chi connectivity index (χ0v) is 17.7. The SMILES string of the molecule is Cc1cccc(CNCCC2(Cc3ccc(F)cc3)CCOC3(CCCC3)C2)c1. The minimum absolute atomic E-state index is 0.0921. The number of halogens is 1. The molecule has 2 aromatic rings. The van der Waals surface area contributed by atoms with Crippen LogP contribution in [-0.2, 0) is 17.7 Å². The summed E-state index contributed by atoms with van der Waals surface area (Å²) in [6, 6.07) is 15.9. The van der Waals surface area contributed by atoms with Crippen LogP contribution in [0.15, 0.2) is 48.5 Å². The summed E-state index contributed by atoms with van der Waals surface area (Å²) in [6.45, 7) is 4.92. The molecular formula is C26H34FNO. The zero-order valence-electron chi connectivity index (χ0n) is 17.7. The van der Waals surface area contributed by atoms with Gasteiger partial charge in [0.2, 0.25) is 0 Å². The molecule has 1 saturated heterocycles. The van der Waals surface area contributed by atoms with Gasteiger partial charge in [-0.3, -0.25) is 0 Å². The number of benzene rings is 2. The molecule has 0 radical (unpaired) electrons. The molecule has 2 fully saturated rings. The van der Waals surface area contributed by atoms with Crippen molar-refractivity contribution in [3.63, 3.8) is 0 Å². The molecule has 1 heterocycles. The van der Waals surface area contributed by atoms with E-state index >= 15 is 0 Å². The summed E-state index contributed by atoms with van der Waals surface area (Å²) >= 11 is 0. The Bertz CT molecular complexity index is 797. The fourth-order valence-electron chi connectivity index (χ4n) is 5.54. The zero-order chi connectivity index (χ0) is 20.2. The van der Waals surface area contributed by atoms with Gasteiger partial charge in [0.25, 0.3) is 0 Å². The van der Waals surface area contributed by atoms with Gasteiger partial charge in [0.05, 0.1) is 5.60 Å². The van der Waals surface area contributed by atoms with Crippen molar-refractivity contribution in [1.29, 1.82) is 0 Å². The maximum absolute atomic E-state index is 13.4. The van der Waals surface area contributed by atoms with Crippen molar-refractivity contribution < 1.29 is 9.13 Å². The normalized spacial score (nSPS) is 23.5. The van der Waals surface area contributed by atoms with Gasteiger partial charge in [0, 0.05) is 13.2 Å².